The van der Waals surface area contributed by atoms with Crippen LogP contribution < -0.4 is 5.32 Å². The Kier molecular flexibility index (Phi) is 15.4. The summed E-state index contributed by atoms with van der Waals surface area (Å²) in [5.74, 6) is -0.231. The van der Waals surface area contributed by atoms with Gasteiger partial charge in [-0.25, -0.2) is 0 Å². The molecule has 0 saturated carbocycles. The van der Waals surface area contributed by atoms with Gasteiger partial charge >= 0.3 is 0 Å². The van der Waals surface area contributed by atoms with Crippen LogP contribution in [0.2, 0.25) is 0 Å². The summed E-state index contributed by atoms with van der Waals surface area (Å²) in [6, 6.07) is -0.807. The quantitative estimate of drug-likeness (QED) is 0.143. The van der Waals surface area contributed by atoms with Crippen molar-refractivity contribution in [2.75, 3.05) is 13.2 Å². The molecule has 192 valence electrons. The Hall–Kier alpha value is -1.33. The molecule has 1 aliphatic heterocycles. The molecule has 1 fully saturated rings. The predicted octanol–water partition coefficient (Wildman–Crippen LogP) is 0.922. The first-order valence-corrected chi connectivity index (χ1v) is 12.1. The number of amides is 1. The highest BCUT2D eigenvalue weighted by atomic mass is 16.7. The summed E-state index contributed by atoms with van der Waals surface area (Å²) in [5.41, 5.74) is 0. The molecule has 1 heterocycles. The number of hydrogen-bond donors (Lipinski definition) is 6. The van der Waals surface area contributed by atoms with E-state index in [-0.39, 0.29) is 12.5 Å². The minimum absolute atomic E-state index is 0.205. The number of aliphatic hydroxyl groups excluding tert-OH is 5. The second kappa shape index (κ2) is 17.2. The van der Waals surface area contributed by atoms with Crippen molar-refractivity contribution in [3.8, 4) is 0 Å². The van der Waals surface area contributed by atoms with Crippen LogP contribution in [-0.2, 0) is 14.3 Å². The van der Waals surface area contributed by atoms with Crippen molar-refractivity contribution in [3.63, 3.8) is 0 Å². The molecule has 1 amide bonds. The SMILES string of the molecule is CCCC/C=C/CC/C=C/C(O)C(COC1OC(CO)C(O)C(O)C1O)NC(=O)CCCC. The van der Waals surface area contributed by atoms with Gasteiger partial charge in [-0.1, -0.05) is 57.4 Å². The Labute approximate surface area is 197 Å². The minimum atomic E-state index is -1.56. The maximum atomic E-state index is 12.2. The number of allylic oxidation sites excluding steroid dienone is 3. The molecule has 0 aromatic heterocycles. The van der Waals surface area contributed by atoms with Gasteiger partial charge in [-0.2, -0.15) is 0 Å². The normalized spacial score (nSPS) is 27.8. The molecular formula is C24H43NO8. The van der Waals surface area contributed by atoms with E-state index in [1.54, 1.807) is 6.08 Å². The lowest BCUT2D eigenvalue weighted by molar-refractivity contribution is -0.302. The predicted molar refractivity (Wildman–Crippen MR) is 124 cm³/mol. The standard InChI is InChI=1S/C24H43NO8/c1-3-5-7-8-9-10-11-12-13-18(27)17(25-20(28)14-6-4-2)16-32-24-23(31)22(30)21(29)19(15-26)33-24/h8-9,12-13,17-19,21-24,26-27,29-31H,3-7,10-11,14-16H2,1-2H3,(H,25,28)/b9-8+,13-12+. The van der Waals surface area contributed by atoms with Crippen LogP contribution in [-0.4, -0.2) is 87.5 Å². The minimum Gasteiger partial charge on any atom is -0.394 e. The van der Waals surface area contributed by atoms with Crippen LogP contribution in [0.5, 0.6) is 0 Å². The third-order valence-electron chi connectivity index (χ3n) is 5.53. The van der Waals surface area contributed by atoms with Crippen molar-refractivity contribution in [1.82, 2.24) is 5.32 Å². The van der Waals surface area contributed by atoms with Crippen molar-refractivity contribution < 1.29 is 39.8 Å². The summed E-state index contributed by atoms with van der Waals surface area (Å²) >= 11 is 0. The largest absolute Gasteiger partial charge is 0.394 e. The second-order valence-electron chi connectivity index (χ2n) is 8.42. The van der Waals surface area contributed by atoms with Gasteiger partial charge in [-0.15, -0.1) is 0 Å². The molecule has 7 unspecified atom stereocenters. The van der Waals surface area contributed by atoms with E-state index in [4.69, 9.17) is 9.47 Å². The number of rotatable bonds is 16. The van der Waals surface area contributed by atoms with E-state index in [0.717, 1.165) is 32.1 Å². The molecule has 0 aliphatic carbocycles. The lowest BCUT2D eigenvalue weighted by Gasteiger charge is -2.40. The van der Waals surface area contributed by atoms with E-state index < -0.39 is 49.5 Å². The number of aliphatic hydroxyl groups is 5. The molecule has 9 nitrogen and oxygen atoms in total. The third kappa shape index (κ3) is 11.1. The van der Waals surface area contributed by atoms with Crippen LogP contribution in [0, 0.1) is 0 Å². The Morgan fingerprint density at radius 2 is 1.67 bits per heavy atom. The molecule has 0 aromatic carbocycles. The average Bonchev–Trinajstić information content (AvgIpc) is 2.81. The van der Waals surface area contributed by atoms with Gasteiger partial charge in [0.1, 0.15) is 24.4 Å². The van der Waals surface area contributed by atoms with Crippen LogP contribution in [0.1, 0.15) is 65.2 Å². The van der Waals surface area contributed by atoms with E-state index >= 15 is 0 Å². The van der Waals surface area contributed by atoms with E-state index in [9.17, 15) is 30.3 Å². The smallest absolute Gasteiger partial charge is 0.220 e. The fourth-order valence-corrected chi connectivity index (χ4v) is 3.37. The topological polar surface area (TPSA) is 149 Å². The Morgan fingerprint density at radius 1 is 1.00 bits per heavy atom. The van der Waals surface area contributed by atoms with E-state index in [1.165, 1.54) is 6.42 Å². The highest BCUT2D eigenvalue weighted by Crippen LogP contribution is 2.22. The summed E-state index contributed by atoms with van der Waals surface area (Å²) in [6.07, 6.45) is 6.49. The van der Waals surface area contributed by atoms with Gasteiger partial charge < -0.3 is 40.3 Å². The summed E-state index contributed by atoms with van der Waals surface area (Å²) in [6.45, 7) is 3.35. The first-order chi connectivity index (χ1) is 15.8. The molecule has 0 bridgehead atoms. The van der Waals surface area contributed by atoms with Gasteiger partial charge in [0.15, 0.2) is 6.29 Å². The molecule has 1 saturated heterocycles. The molecule has 33 heavy (non-hydrogen) atoms. The fourth-order valence-electron chi connectivity index (χ4n) is 3.37. The fraction of sp³-hybridized carbons (Fsp3) is 0.792. The maximum Gasteiger partial charge on any atom is 0.220 e. The molecule has 0 radical (unpaired) electrons. The Bertz CT molecular complexity index is 583. The number of unbranched alkanes of at least 4 members (excludes halogenated alkanes) is 4. The number of hydrogen-bond acceptors (Lipinski definition) is 8. The summed E-state index contributed by atoms with van der Waals surface area (Å²) in [5, 5.41) is 52.6. The first-order valence-electron chi connectivity index (χ1n) is 12.1. The van der Waals surface area contributed by atoms with Crippen molar-refractivity contribution >= 4 is 5.91 Å². The second-order valence-corrected chi connectivity index (χ2v) is 8.42. The molecular weight excluding hydrogens is 430 g/mol. The van der Waals surface area contributed by atoms with Crippen LogP contribution in [0.4, 0.5) is 0 Å². The van der Waals surface area contributed by atoms with Crippen molar-refractivity contribution in [2.45, 2.75) is 108 Å². The van der Waals surface area contributed by atoms with Gasteiger partial charge in [-0.05, 0) is 25.7 Å². The Morgan fingerprint density at radius 3 is 2.33 bits per heavy atom. The van der Waals surface area contributed by atoms with Crippen molar-refractivity contribution in [2.24, 2.45) is 0 Å². The molecule has 1 rings (SSSR count). The first kappa shape index (κ1) is 29.7. The molecule has 9 heteroatoms. The van der Waals surface area contributed by atoms with Crippen LogP contribution in [0.3, 0.4) is 0 Å². The number of carbonyl (C=O) groups is 1. The highest BCUT2D eigenvalue weighted by Gasteiger charge is 2.44. The molecule has 0 spiro atoms. The maximum absolute atomic E-state index is 12.2. The van der Waals surface area contributed by atoms with Crippen molar-refractivity contribution in [1.29, 1.82) is 0 Å². The zero-order valence-electron chi connectivity index (χ0n) is 19.9. The van der Waals surface area contributed by atoms with Gasteiger partial charge in [0.25, 0.3) is 0 Å². The summed E-state index contributed by atoms with van der Waals surface area (Å²) < 4.78 is 10.9. The zero-order chi connectivity index (χ0) is 24.6. The molecule has 7 atom stereocenters. The molecule has 1 aliphatic rings. The van der Waals surface area contributed by atoms with Gasteiger partial charge in [-0.3, -0.25) is 4.79 Å². The monoisotopic (exact) mass is 473 g/mol. The van der Waals surface area contributed by atoms with Crippen molar-refractivity contribution in [3.05, 3.63) is 24.3 Å². The average molecular weight is 474 g/mol. The summed E-state index contributed by atoms with van der Waals surface area (Å²) in [4.78, 5) is 12.2. The molecule has 0 aromatic rings. The van der Waals surface area contributed by atoms with E-state index in [2.05, 4.69) is 24.4 Å². The highest BCUT2D eigenvalue weighted by molar-refractivity contribution is 5.76. The van der Waals surface area contributed by atoms with Gasteiger partial charge in [0, 0.05) is 6.42 Å². The van der Waals surface area contributed by atoms with E-state index in [1.807, 2.05) is 13.0 Å². The Balaban J connectivity index is 2.68. The lowest BCUT2D eigenvalue weighted by Crippen LogP contribution is -2.60. The number of nitrogens with one attached hydrogen (secondary N) is 1. The number of carbonyl (C=O) groups excluding carboxylic acids is 1. The van der Waals surface area contributed by atoms with E-state index in [0.29, 0.717) is 12.8 Å². The third-order valence-corrected chi connectivity index (χ3v) is 5.53. The number of ether oxygens (including phenoxy) is 2. The van der Waals surface area contributed by atoms with Crippen LogP contribution in [0.15, 0.2) is 24.3 Å². The van der Waals surface area contributed by atoms with Crippen LogP contribution >= 0.6 is 0 Å². The van der Waals surface area contributed by atoms with Gasteiger partial charge in [0.05, 0.1) is 25.4 Å². The van der Waals surface area contributed by atoms with Crippen LogP contribution in [0.25, 0.3) is 0 Å². The lowest BCUT2D eigenvalue weighted by atomic mass is 9.99. The summed E-state index contributed by atoms with van der Waals surface area (Å²) in [7, 11) is 0. The zero-order valence-corrected chi connectivity index (χ0v) is 19.9. The van der Waals surface area contributed by atoms with Gasteiger partial charge in [0.2, 0.25) is 5.91 Å². The molecule has 6 N–H and O–H groups in total.